The Morgan fingerprint density at radius 1 is 0.818 bits per heavy atom. The van der Waals surface area contributed by atoms with E-state index in [1.54, 1.807) is 0 Å². The van der Waals surface area contributed by atoms with Crippen LogP contribution in [-0.2, 0) is 15.6 Å². The van der Waals surface area contributed by atoms with Crippen LogP contribution in [-0.4, -0.2) is 18.1 Å². The first-order valence-electron chi connectivity index (χ1n) is 10.7. The van der Waals surface area contributed by atoms with E-state index < -0.39 is 5.97 Å². The topological polar surface area (TPSA) is 51.2 Å². The van der Waals surface area contributed by atoms with Crippen molar-refractivity contribution in [2.75, 3.05) is 12.4 Å². The number of methoxy groups -OCH3 is 1. The molecule has 2 aromatic carbocycles. The number of carbonyl (C=O) groups is 1. The van der Waals surface area contributed by atoms with Gasteiger partial charge in [0, 0.05) is 17.6 Å². The van der Waals surface area contributed by atoms with Gasteiger partial charge in [-0.05, 0) is 52.3 Å². The van der Waals surface area contributed by atoms with Crippen molar-refractivity contribution in [2.24, 2.45) is 0 Å². The first kappa shape index (κ1) is 26.7. The number of benzene rings is 2. The molecule has 0 atom stereocenters. The monoisotopic (exact) mass is 486 g/mol. The number of aromatic nitrogens is 1. The van der Waals surface area contributed by atoms with Crippen LogP contribution in [0.2, 0.25) is 10.2 Å². The van der Waals surface area contributed by atoms with Crippen molar-refractivity contribution in [2.45, 2.75) is 52.4 Å². The summed E-state index contributed by atoms with van der Waals surface area (Å²) in [7, 11) is 1.27. The summed E-state index contributed by atoms with van der Waals surface area (Å²) in [6.45, 7) is 13.4. The van der Waals surface area contributed by atoms with E-state index in [9.17, 15) is 4.79 Å². The van der Waals surface area contributed by atoms with E-state index >= 15 is 0 Å². The van der Waals surface area contributed by atoms with E-state index in [1.165, 1.54) is 30.5 Å². The van der Waals surface area contributed by atoms with E-state index in [0.29, 0.717) is 0 Å². The first-order valence-corrected chi connectivity index (χ1v) is 11.4. The van der Waals surface area contributed by atoms with Gasteiger partial charge in [-0.2, -0.15) is 0 Å². The van der Waals surface area contributed by atoms with Crippen molar-refractivity contribution in [3.8, 4) is 0 Å². The van der Waals surface area contributed by atoms with Crippen LogP contribution in [0.15, 0.2) is 60.8 Å². The minimum Gasteiger partial charge on any atom is -0.465 e. The fourth-order valence-electron chi connectivity index (χ4n) is 2.95. The van der Waals surface area contributed by atoms with E-state index in [4.69, 9.17) is 23.2 Å². The van der Waals surface area contributed by atoms with Crippen LogP contribution in [0.3, 0.4) is 0 Å². The lowest BCUT2D eigenvalue weighted by atomic mass is 9.87. The fraction of sp³-hybridized carbons (Fsp3) is 0.333. The second-order valence-corrected chi connectivity index (χ2v) is 10.6. The van der Waals surface area contributed by atoms with Crippen LogP contribution in [0.4, 0.5) is 11.4 Å². The molecule has 4 nitrogen and oxygen atoms in total. The molecule has 0 saturated carbocycles. The van der Waals surface area contributed by atoms with Crippen molar-refractivity contribution in [3.05, 3.63) is 87.7 Å². The number of rotatable bonds is 3. The highest BCUT2D eigenvalue weighted by Gasteiger charge is 2.14. The summed E-state index contributed by atoms with van der Waals surface area (Å²) in [5.74, 6) is -0.524. The Labute approximate surface area is 207 Å². The Balaban J connectivity index is 0.000000273. The molecule has 0 aliphatic heterocycles. The number of ether oxygens (including phenoxy) is 1. The van der Waals surface area contributed by atoms with Crippen LogP contribution in [0, 0.1) is 0 Å². The molecule has 176 valence electrons. The largest absolute Gasteiger partial charge is 0.465 e. The second kappa shape index (κ2) is 11.0. The molecule has 0 bridgehead atoms. The third-order valence-corrected chi connectivity index (χ3v) is 5.53. The molecule has 6 heteroatoms. The highest BCUT2D eigenvalue weighted by Crippen LogP contribution is 2.27. The number of hydrogen-bond acceptors (Lipinski definition) is 4. The van der Waals surface area contributed by atoms with Crippen molar-refractivity contribution in [1.82, 2.24) is 4.98 Å². The summed E-state index contributed by atoms with van der Waals surface area (Å²) >= 11 is 11.2. The van der Waals surface area contributed by atoms with Gasteiger partial charge in [0.05, 0.1) is 17.7 Å². The summed E-state index contributed by atoms with van der Waals surface area (Å²) < 4.78 is 4.46. The van der Waals surface area contributed by atoms with Crippen molar-refractivity contribution in [1.29, 1.82) is 0 Å². The van der Waals surface area contributed by atoms with Gasteiger partial charge in [0.1, 0.15) is 5.15 Å². The number of anilines is 2. The molecule has 1 aromatic heterocycles. The SMILES string of the molecule is CC(C)(C)c1ccc(Nc2ccc(C(C)(C)C)cc2)cc1.COC(=O)c1cc(Cl)ncc1Cl. The van der Waals surface area contributed by atoms with Gasteiger partial charge in [-0.15, -0.1) is 0 Å². The van der Waals surface area contributed by atoms with Crippen LogP contribution < -0.4 is 5.32 Å². The van der Waals surface area contributed by atoms with E-state index in [1.807, 2.05) is 0 Å². The van der Waals surface area contributed by atoms with Crippen molar-refractivity contribution >= 4 is 40.5 Å². The highest BCUT2D eigenvalue weighted by molar-refractivity contribution is 6.34. The summed E-state index contributed by atoms with van der Waals surface area (Å²) in [4.78, 5) is 14.7. The summed E-state index contributed by atoms with van der Waals surface area (Å²) in [6.07, 6.45) is 1.30. The maximum absolute atomic E-state index is 11.0. The highest BCUT2D eigenvalue weighted by atomic mass is 35.5. The van der Waals surface area contributed by atoms with Gasteiger partial charge >= 0.3 is 5.97 Å². The Morgan fingerprint density at radius 2 is 1.24 bits per heavy atom. The molecule has 3 rings (SSSR count). The summed E-state index contributed by atoms with van der Waals surface area (Å²) in [5, 5.41) is 3.90. The third kappa shape index (κ3) is 8.06. The number of esters is 1. The molecular weight excluding hydrogens is 455 g/mol. The molecule has 0 saturated heterocycles. The van der Waals surface area contributed by atoms with Crippen LogP contribution in [0.5, 0.6) is 0 Å². The maximum Gasteiger partial charge on any atom is 0.339 e. The lowest BCUT2D eigenvalue weighted by Gasteiger charge is -2.20. The number of nitrogens with one attached hydrogen (secondary N) is 1. The summed E-state index contributed by atoms with van der Waals surface area (Å²) in [5.41, 5.74) is 5.60. The molecule has 0 amide bonds. The minimum atomic E-state index is -0.524. The number of halogens is 2. The predicted octanol–water partition coefficient (Wildman–Crippen LogP) is 8.20. The summed E-state index contributed by atoms with van der Waals surface area (Å²) in [6, 6.07) is 18.8. The van der Waals surface area contributed by atoms with Crippen LogP contribution in [0.1, 0.15) is 63.0 Å². The van der Waals surface area contributed by atoms with Crippen molar-refractivity contribution < 1.29 is 9.53 Å². The van der Waals surface area contributed by atoms with Crippen molar-refractivity contribution in [3.63, 3.8) is 0 Å². The van der Waals surface area contributed by atoms with E-state index in [0.717, 1.165) is 11.4 Å². The molecule has 1 N–H and O–H groups in total. The molecule has 1 heterocycles. The van der Waals surface area contributed by atoms with E-state index in [2.05, 4.69) is 105 Å². The molecule has 0 spiro atoms. The van der Waals surface area contributed by atoms with Gasteiger partial charge in [-0.25, -0.2) is 9.78 Å². The number of carbonyl (C=O) groups excluding carboxylic acids is 1. The van der Waals surface area contributed by atoms with E-state index in [-0.39, 0.29) is 26.6 Å². The molecule has 0 radical (unpaired) electrons. The average molecular weight is 487 g/mol. The second-order valence-electron chi connectivity index (χ2n) is 9.76. The minimum absolute atomic E-state index is 0.201. The number of pyridine rings is 1. The Kier molecular flexibility index (Phi) is 8.93. The smallest absolute Gasteiger partial charge is 0.339 e. The van der Waals surface area contributed by atoms with Gasteiger partial charge < -0.3 is 10.1 Å². The molecule has 3 aromatic rings. The van der Waals surface area contributed by atoms with Crippen LogP contribution >= 0.6 is 23.2 Å². The van der Waals surface area contributed by atoms with Gasteiger partial charge in [0.25, 0.3) is 0 Å². The quantitative estimate of drug-likeness (QED) is 0.299. The van der Waals surface area contributed by atoms with Gasteiger partial charge in [-0.1, -0.05) is 89.0 Å². The molecule has 33 heavy (non-hydrogen) atoms. The molecule has 0 aliphatic carbocycles. The molecule has 0 fully saturated rings. The Morgan fingerprint density at radius 3 is 1.61 bits per heavy atom. The first-order chi connectivity index (χ1) is 15.3. The number of hydrogen-bond donors (Lipinski definition) is 1. The standard InChI is InChI=1S/C20H27N.C7H5Cl2NO2/c1-19(2,3)15-7-11-17(12-8-15)21-18-13-9-16(10-14-18)20(4,5)6;1-12-7(11)4-2-6(9)10-3-5(4)8/h7-14,21H,1-6H3;2-3H,1H3. The van der Waals surface area contributed by atoms with Gasteiger partial charge in [-0.3, -0.25) is 0 Å². The normalized spacial score (nSPS) is 11.3. The average Bonchev–Trinajstić information content (AvgIpc) is 2.75. The van der Waals surface area contributed by atoms with Gasteiger partial charge in [0.15, 0.2) is 0 Å². The fourth-order valence-corrected chi connectivity index (χ4v) is 3.29. The lowest BCUT2D eigenvalue weighted by molar-refractivity contribution is 0.0601. The third-order valence-electron chi connectivity index (χ3n) is 5.02. The predicted molar refractivity (Wildman–Crippen MR) is 139 cm³/mol. The van der Waals surface area contributed by atoms with Crippen LogP contribution in [0.25, 0.3) is 0 Å². The lowest BCUT2D eigenvalue weighted by Crippen LogP contribution is -2.11. The zero-order valence-corrected chi connectivity index (χ0v) is 21.8. The Hall–Kier alpha value is -2.56. The zero-order chi connectivity index (χ0) is 24.8. The maximum atomic E-state index is 11.0. The number of nitrogens with zero attached hydrogens (tertiary/aromatic N) is 1. The molecular formula is C27H32Cl2N2O2. The molecule has 0 aliphatic rings. The Bertz CT molecular complexity index is 1010. The van der Waals surface area contributed by atoms with Gasteiger partial charge in [0.2, 0.25) is 0 Å². The zero-order valence-electron chi connectivity index (χ0n) is 20.3. The molecule has 0 unspecified atom stereocenters.